The molecule has 2 aromatic rings. The first kappa shape index (κ1) is 16.0. The molecule has 0 bridgehead atoms. The summed E-state index contributed by atoms with van der Waals surface area (Å²) in [5, 5.41) is 0. The molecule has 0 amide bonds. The monoisotopic (exact) mass is 306 g/mol. The molecular formula is C21H26N2. The fourth-order valence-corrected chi connectivity index (χ4v) is 3.06. The Morgan fingerprint density at radius 2 is 1.48 bits per heavy atom. The summed E-state index contributed by atoms with van der Waals surface area (Å²) in [6, 6.07) is 19.3. The van der Waals surface area contributed by atoms with E-state index in [9.17, 15) is 0 Å². The molecule has 1 aliphatic rings. The highest BCUT2D eigenvalue weighted by Gasteiger charge is 2.16. The Labute approximate surface area is 140 Å². The first-order chi connectivity index (χ1) is 11.3. The van der Waals surface area contributed by atoms with Crippen LogP contribution in [0.1, 0.15) is 16.7 Å². The van der Waals surface area contributed by atoms with Gasteiger partial charge in [0, 0.05) is 39.3 Å². The molecule has 1 fully saturated rings. The van der Waals surface area contributed by atoms with E-state index < -0.39 is 0 Å². The van der Waals surface area contributed by atoms with Crippen molar-refractivity contribution < 1.29 is 0 Å². The molecule has 120 valence electrons. The molecule has 0 unspecified atom stereocenters. The van der Waals surface area contributed by atoms with Gasteiger partial charge in [0.1, 0.15) is 0 Å². The zero-order chi connectivity index (χ0) is 15.9. The summed E-state index contributed by atoms with van der Waals surface area (Å²) >= 11 is 0. The minimum absolute atomic E-state index is 1.05. The molecule has 0 aliphatic carbocycles. The SMILES string of the molecule is Cc1ccccc1CN1CCN(CC=Cc2ccccc2)CC1. The Kier molecular flexibility index (Phi) is 5.62. The van der Waals surface area contributed by atoms with Crippen LogP contribution in [0.4, 0.5) is 0 Å². The van der Waals surface area contributed by atoms with E-state index in [2.05, 4.69) is 83.5 Å². The van der Waals surface area contributed by atoms with Crippen LogP contribution in [0.15, 0.2) is 60.7 Å². The molecule has 1 heterocycles. The topological polar surface area (TPSA) is 6.48 Å². The minimum Gasteiger partial charge on any atom is -0.297 e. The predicted octanol–water partition coefficient (Wildman–Crippen LogP) is 3.83. The number of hydrogen-bond acceptors (Lipinski definition) is 2. The van der Waals surface area contributed by atoms with Crippen LogP contribution in [-0.4, -0.2) is 42.5 Å². The third-order valence-electron chi connectivity index (χ3n) is 4.59. The lowest BCUT2D eigenvalue weighted by Crippen LogP contribution is -2.45. The fraction of sp³-hybridized carbons (Fsp3) is 0.333. The molecule has 0 aromatic heterocycles. The van der Waals surface area contributed by atoms with E-state index in [0.717, 1.165) is 39.3 Å². The Balaban J connectivity index is 1.44. The van der Waals surface area contributed by atoms with Gasteiger partial charge < -0.3 is 0 Å². The summed E-state index contributed by atoms with van der Waals surface area (Å²) in [6.45, 7) is 8.98. The Morgan fingerprint density at radius 3 is 2.22 bits per heavy atom. The molecule has 3 rings (SSSR count). The van der Waals surface area contributed by atoms with E-state index in [1.165, 1.54) is 16.7 Å². The second kappa shape index (κ2) is 8.09. The van der Waals surface area contributed by atoms with Crippen molar-refractivity contribution in [1.82, 2.24) is 9.80 Å². The molecule has 1 aliphatic heterocycles. The van der Waals surface area contributed by atoms with Gasteiger partial charge in [0.15, 0.2) is 0 Å². The standard InChI is InChI=1S/C21H26N2/c1-19-8-5-6-12-21(19)18-23-16-14-22(15-17-23)13-7-11-20-9-3-2-4-10-20/h2-12H,13-18H2,1H3. The van der Waals surface area contributed by atoms with Crippen LogP contribution < -0.4 is 0 Å². The highest BCUT2D eigenvalue weighted by molar-refractivity contribution is 5.48. The zero-order valence-corrected chi connectivity index (χ0v) is 14.0. The van der Waals surface area contributed by atoms with Crippen LogP contribution in [0.25, 0.3) is 6.08 Å². The maximum atomic E-state index is 2.57. The molecule has 0 atom stereocenters. The number of rotatable bonds is 5. The minimum atomic E-state index is 1.05. The van der Waals surface area contributed by atoms with Crippen LogP contribution >= 0.6 is 0 Å². The first-order valence-electron chi connectivity index (χ1n) is 8.52. The summed E-state index contributed by atoms with van der Waals surface area (Å²) in [5.74, 6) is 0. The van der Waals surface area contributed by atoms with E-state index in [-0.39, 0.29) is 0 Å². The van der Waals surface area contributed by atoms with E-state index in [0.29, 0.717) is 0 Å². The van der Waals surface area contributed by atoms with Gasteiger partial charge in [-0.2, -0.15) is 0 Å². The van der Waals surface area contributed by atoms with Crippen molar-refractivity contribution in [1.29, 1.82) is 0 Å². The van der Waals surface area contributed by atoms with E-state index in [1.807, 2.05) is 0 Å². The second-order valence-corrected chi connectivity index (χ2v) is 6.32. The second-order valence-electron chi connectivity index (χ2n) is 6.32. The molecule has 0 N–H and O–H groups in total. The van der Waals surface area contributed by atoms with Crippen molar-refractivity contribution >= 4 is 6.08 Å². The Hall–Kier alpha value is -1.90. The summed E-state index contributed by atoms with van der Waals surface area (Å²) < 4.78 is 0. The van der Waals surface area contributed by atoms with Crippen LogP contribution in [0.2, 0.25) is 0 Å². The van der Waals surface area contributed by atoms with Gasteiger partial charge in [0.25, 0.3) is 0 Å². The quantitative estimate of drug-likeness (QED) is 0.828. The molecule has 0 radical (unpaired) electrons. The highest BCUT2D eigenvalue weighted by atomic mass is 15.3. The van der Waals surface area contributed by atoms with Gasteiger partial charge in [0.05, 0.1) is 0 Å². The number of nitrogens with zero attached hydrogens (tertiary/aromatic N) is 2. The van der Waals surface area contributed by atoms with Gasteiger partial charge in [-0.05, 0) is 23.6 Å². The molecule has 0 saturated carbocycles. The number of piperazine rings is 1. The third-order valence-corrected chi connectivity index (χ3v) is 4.59. The Bertz CT molecular complexity index is 625. The maximum Gasteiger partial charge on any atom is 0.0237 e. The number of hydrogen-bond donors (Lipinski definition) is 0. The average molecular weight is 306 g/mol. The van der Waals surface area contributed by atoms with Crippen molar-refractivity contribution in [2.24, 2.45) is 0 Å². The first-order valence-corrected chi connectivity index (χ1v) is 8.52. The molecule has 23 heavy (non-hydrogen) atoms. The summed E-state index contributed by atoms with van der Waals surface area (Å²) in [7, 11) is 0. The lowest BCUT2D eigenvalue weighted by Gasteiger charge is -2.34. The summed E-state index contributed by atoms with van der Waals surface area (Å²) in [4.78, 5) is 5.10. The largest absolute Gasteiger partial charge is 0.297 e. The maximum absolute atomic E-state index is 2.57. The van der Waals surface area contributed by atoms with Crippen LogP contribution in [-0.2, 0) is 6.54 Å². The third kappa shape index (κ3) is 4.78. The summed E-state index contributed by atoms with van der Waals surface area (Å²) in [5.41, 5.74) is 4.15. The lowest BCUT2D eigenvalue weighted by atomic mass is 10.1. The molecule has 0 spiro atoms. The normalized spacial score (nSPS) is 16.9. The van der Waals surface area contributed by atoms with E-state index in [4.69, 9.17) is 0 Å². The van der Waals surface area contributed by atoms with Gasteiger partial charge >= 0.3 is 0 Å². The molecular weight excluding hydrogens is 280 g/mol. The van der Waals surface area contributed by atoms with E-state index >= 15 is 0 Å². The van der Waals surface area contributed by atoms with Crippen molar-refractivity contribution in [3.63, 3.8) is 0 Å². The van der Waals surface area contributed by atoms with Crippen molar-refractivity contribution in [3.05, 3.63) is 77.4 Å². The highest BCUT2D eigenvalue weighted by Crippen LogP contribution is 2.12. The van der Waals surface area contributed by atoms with Crippen molar-refractivity contribution in [2.75, 3.05) is 32.7 Å². The zero-order valence-electron chi connectivity index (χ0n) is 14.0. The molecule has 2 heteroatoms. The Morgan fingerprint density at radius 1 is 0.826 bits per heavy atom. The molecule has 1 saturated heterocycles. The van der Waals surface area contributed by atoms with Crippen molar-refractivity contribution in [2.45, 2.75) is 13.5 Å². The number of benzene rings is 2. The van der Waals surface area contributed by atoms with Crippen LogP contribution in [0, 0.1) is 6.92 Å². The van der Waals surface area contributed by atoms with Gasteiger partial charge in [0.2, 0.25) is 0 Å². The van der Waals surface area contributed by atoms with Gasteiger partial charge in [-0.1, -0.05) is 66.7 Å². The van der Waals surface area contributed by atoms with E-state index in [1.54, 1.807) is 0 Å². The molecule has 2 nitrogen and oxygen atoms in total. The number of aryl methyl sites for hydroxylation is 1. The lowest BCUT2D eigenvalue weighted by molar-refractivity contribution is 0.137. The fourth-order valence-electron chi connectivity index (χ4n) is 3.06. The predicted molar refractivity (Wildman–Crippen MR) is 98.4 cm³/mol. The molecule has 2 aromatic carbocycles. The van der Waals surface area contributed by atoms with Crippen LogP contribution in [0.5, 0.6) is 0 Å². The smallest absolute Gasteiger partial charge is 0.0237 e. The average Bonchev–Trinajstić information content (AvgIpc) is 2.59. The van der Waals surface area contributed by atoms with Crippen LogP contribution in [0.3, 0.4) is 0 Å². The van der Waals surface area contributed by atoms with Gasteiger partial charge in [-0.25, -0.2) is 0 Å². The van der Waals surface area contributed by atoms with Gasteiger partial charge in [-0.3, -0.25) is 9.80 Å². The van der Waals surface area contributed by atoms with Crippen molar-refractivity contribution in [3.8, 4) is 0 Å². The van der Waals surface area contributed by atoms with Gasteiger partial charge in [-0.15, -0.1) is 0 Å². The summed E-state index contributed by atoms with van der Waals surface area (Å²) in [6.07, 6.45) is 4.51.